The molecule has 11 heteroatoms. The van der Waals surface area contributed by atoms with Crippen molar-refractivity contribution in [2.45, 2.75) is 63.6 Å². The molecule has 0 unspecified atom stereocenters. The average Bonchev–Trinajstić information content (AvgIpc) is 3.10. The second-order valence-electron chi connectivity index (χ2n) is 9.01. The van der Waals surface area contributed by atoms with Crippen molar-refractivity contribution in [2.24, 2.45) is 5.92 Å². The maximum atomic E-state index is 10.7. The third-order valence-corrected chi connectivity index (χ3v) is 5.48. The van der Waals surface area contributed by atoms with E-state index in [4.69, 9.17) is 9.26 Å². The van der Waals surface area contributed by atoms with Gasteiger partial charge in [0.15, 0.2) is 35.1 Å². The van der Waals surface area contributed by atoms with Crippen LogP contribution in [0.4, 0.5) is 5.82 Å². The molecule has 0 aromatic carbocycles. The molecule has 1 saturated carbocycles. The Morgan fingerprint density at radius 3 is 2.67 bits per heavy atom. The molecule has 11 nitrogen and oxygen atoms in total. The highest BCUT2D eigenvalue weighted by molar-refractivity contribution is 5.82. The van der Waals surface area contributed by atoms with E-state index in [-0.39, 0.29) is 11.3 Å². The van der Waals surface area contributed by atoms with Crippen LogP contribution < -0.4 is 5.32 Å². The molecule has 160 valence electrons. The van der Waals surface area contributed by atoms with Crippen molar-refractivity contribution in [1.82, 2.24) is 29.7 Å². The molecule has 1 aliphatic heterocycles. The van der Waals surface area contributed by atoms with Crippen LogP contribution in [-0.2, 0) is 10.2 Å². The highest BCUT2D eigenvalue weighted by Crippen LogP contribution is 2.40. The van der Waals surface area contributed by atoms with Gasteiger partial charge in [-0.25, -0.2) is 15.0 Å². The van der Waals surface area contributed by atoms with Gasteiger partial charge in [-0.3, -0.25) is 4.57 Å². The van der Waals surface area contributed by atoms with E-state index in [1.165, 1.54) is 25.5 Å². The maximum absolute atomic E-state index is 10.7. The van der Waals surface area contributed by atoms with Gasteiger partial charge >= 0.3 is 0 Å². The number of imidazole rings is 1. The number of nitrogens with one attached hydrogen (secondary N) is 1. The smallest absolute Gasteiger partial charge is 0.258 e. The zero-order valence-corrected chi connectivity index (χ0v) is 17.1. The highest BCUT2D eigenvalue weighted by Gasteiger charge is 2.48. The Balaban J connectivity index is 1.42. The average molecular weight is 415 g/mol. The number of hydrogen-bond acceptors (Lipinski definition) is 10. The molecule has 3 N–H and O–H groups in total. The minimum Gasteiger partial charge on any atom is -0.387 e. The lowest BCUT2D eigenvalue weighted by Crippen LogP contribution is -2.29. The minimum absolute atomic E-state index is 0.125. The van der Waals surface area contributed by atoms with Gasteiger partial charge in [-0.05, 0) is 18.8 Å². The molecule has 5 rings (SSSR count). The Labute approximate surface area is 172 Å². The molecule has 1 aliphatic carbocycles. The number of fused-ring (bicyclic) bond motifs is 1. The van der Waals surface area contributed by atoms with E-state index in [0.717, 1.165) is 6.54 Å². The van der Waals surface area contributed by atoms with Crippen LogP contribution in [-0.4, -0.2) is 58.6 Å². The van der Waals surface area contributed by atoms with E-state index < -0.39 is 24.5 Å². The Morgan fingerprint density at radius 2 is 1.97 bits per heavy atom. The summed E-state index contributed by atoms with van der Waals surface area (Å²) in [6.07, 6.45) is 1.09. The Hall–Kier alpha value is -2.63. The second kappa shape index (κ2) is 6.96. The third-order valence-electron chi connectivity index (χ3n) is 5.48. The lowest BCUT2D eigenvalue weighted by Gasteiger charge is -2.16. The number of anilines is 1. The fourth-order valence-corrected chi connectivity index (χ4v) is 3.48. The highest BCUT2D eigenvalue weighted by atomic mass is 16.6. The number of aromatic nitrogens is 6. The molecule has 3 aromatic rings. The Morgan fingerprint density at radius 1 is 1.17 bits per heavy atom. The van der Waals surface area contributed by atoms with Crippen molar-refractivity contribution >= 4 is 17.0 Å². The van der Waals surface area contributed by atoms with Gasteiger partial charge in [0.25, 0.3) is 5.89 Å². The lowest BCUT2D eigenvalue weighted by molar-refractivity contribution is -0.0451. The quantitative estimate of drug-likeness (QED) is 0.558. The van der Waals surface area contributed by atoms with Crippen molar-refractivity contribution in [3.8, 4) is 0 Å². The standard InChI is InChI=1S/C19H25N7O4/c1-19(2,3)18-24-16(30-25-18)13-11(27)12(28)17(29-13)26-8-23-10-14(20-6-9-4-5-9)21-7-22-15(10)26/h7-9,11-13,17,27-28H,4-6H2,1-3H3,(H,20,21,22)/t11-,12+,13-,17+/m0/s1. The molecule has 0 bridgehead atoms. The summed E-state index contributed by atoms with van der Waals surface area (Å²) in [7, 11) is 0. The number of nitrogens with zero attached hydrogens (tertiary/aromatic N) is 6. The molecule has 2 fully saturated rings. The minimum atomic E-state index is -1.24. The van der Waals surface area contributed by atoms with Crippen LogP contribution in [0.25, 0.3) is 11.2 Å². The Bertz CT molecular complexity index is 1050. The SMILES string of the molecule is CC(C)(C)c1noc([C@H]2O[C@@H](n3cnc4c(NCC5CC5)ncnc43)[C@H](O)[C@@H]2O)n1. The van der Waals surface area contributed by atoms with Gasteiger partial charge in [-0.15, -0.1) is 0 Å². The van der Waals surface area contributed by atoms with E-state index in [9.17, 15) is 10.2 Å². The molecular formula is C19H25N7O4. The summed E-state index contributed by atoms with van der Waals surface area (Å²) in [4.78, 5) is 17.4. The van der Waals surface area contributed by atoms with Crippen molar-refractivity contribution in [1.29, 1.82) is 0 Å². The van der Waals surface area contributed by atoms with Crippen LogP contribution in [0.3, 0.4) is 0 Å². The van der Waals surface area contributed by atoms with E-state index in [1.807, 2.05) is 20.8 Å². The summed E-state index contributed by atoms with van der Waals surface area (Å²) >= 11 is 0. The molecule has 2 aliphatic rings. The molecular weight excluding hydrogens is 390 g/mol. The predicted molar refractivity (Wildman–Crippen MR) is 104 cm³/mol. The first-order valence-electron chi connectivity index (χ1n) is 10.1. The summed E-state index contributed by atoms with van der Waals surface area (Å²) in [6, 6.07) is 0. The zero-order chi connectivity index (χ0) is 21.0. The molecule has 30 heavy (non-hydrogen) atoms. The van der Waals surface area contributed by atoms with Gasteiger partial charge in [0, 0.05) is 12.0 Å². The third kappa shape index (κ3) is 3.32. The summed E-state index contributed by atoms with van der Waals surface area (Å²) in [5, 5.41) is 28.5. The number of aliphatic hydroxyl groups is 2. The molecule has 0 spiro atoms. The molecule has 3 aromatic heterocycles. The molecule has 4 heterocycles. The lowest BCUT2D eigenvalue weighted by atomic mass is 9.96. The summed E-state index contributed by atoms with van der Waals surface area (Å²) < 4.78 is 12.8. The van der Waals surface area contributed by atoms with E-state index in [1.54, 1.807) is 4.57 Å². The van der Waals surface area contributed by atoms with Gasteiger partial charge in [0.1, 0.15) is 18.5 Å². The van der Waals surface area contributed by atoms with Crippen LogP contribution in [0.5, 0.6) is 0 Å². The van der Waals surface area contributed by atoms with Gasteiger partial charge in [0.05, 0.1) is 6.33 Å². The maximum Gasteiger partial charge on any atom is 0.258 e. The first-order valence-corrected chi connectivity index (χ1v) is 10.1. The van der Waals surface area contributed by atoms with Crippen LogP contribution in [0.15, 0.2) is 17.2 Å². The van der Waals surface area contributed by atoms with Gasteiger partial charge in [-0.2, -0.15) is 4.98 Å². The monoisotopic (exact) mass is 415 g/mol. The van der Waals surface area contributed by atoms with E-state index >= 15 is 0 Å². The molecule has 1 saturated heterocycles. The van der Waals surface area contributed by atoms with Crippen molar-refractivity contribution in [2.75, 3.05) is 11.9 Å². The van der Waals surface area contributed by atoms with Crippen molar-refractivity contribution < 1.29 is 19.5 Å². The van der Waals surface area contributed by atoms with Crippen molar-refractivity contribution in [3.05, 3.63) is 24.4 Å². The van der Waals surface area contributed by atoms with E-state index in [2.05, 4.69) is 30.4 Å². The zero-order valence-electron chi connectivity index (χ0n) is 17.1. The molecule has 0 amide bonds. The van der Waals surface area contributed by atoms with Crippen molar-refractivity contribution in [3.63, 3.8) is 0 Å². The fraction of sp³-hybridized carbons (Fsp3) is 0.632. The van der Waals surface area contributed by atoms with Gasteiger partial charge < -0.3 is 24.8 Å². The fourth-order valence-electron chi connectivity index (χ4n) is 3.48. The number of hydrogen-bond donors (Lipinski definition) is 3. The van der Waals surface area contributed by atoms with Gasteiger partial charge in [0.2, 0.25) is 0 Å². The summed E-state index contributed by atoms with van der Waals surface area (Å²) in [5.74, 6) is 1.94. The van der Waals surface area contributed by atoms with Crippen LogP contribution >= 0.6 is 0 Å². The second-order valence-corrected chi connectivity index (χ2v) is 9.01. The summed E-state index contributed by atoms with van der Waals surface area (Å²) in [6.45, 7) is 6.71. The predicted octanol–water partition coefficient (Wildman–Crippen LogP) is 1.32. The molecule has 4 atom stereocenters. The van der Waals surface area contributed by atoms with E-state index in [0.29, 0.717) is 28.7 Å². The topological polar surface area (TPSA) is 144 Å². The number of ether oxygens (including phenoxy) is 1. The first-order chi connectivity index (χ1) is 14.3. The normalized spacial score (nSPS) is 27.1. The molecule has 0 radical (unpaired) electrons. The summed E-state index contributed by atoms with van der Waals surface area (Å²) in [5.41, 5.74) is 0.769. The van der Waals surface area contributed by atoms with Crippen LogP contribution in [0.1, 0.15) is 57.7 Å². The first kappa shape index (κ1) is 19.3. The van der Waals surface area contributed by atoms with Crippen LogP contribution in [0, 0.1) is 5.92 Å². The Kier molecular flexibility index (Phi) is 4.49. The largest absolute Gasteiger partial charge is 0.387 e. The number of rotatable bonds is 5. The van der Waals surface area contributed by atoms with Crippen LogP contribution in [0.2, 0.25) is 0 Å². The number of aliphatic hydroxyl groups excluding tert-OH is 2. The van der Waals surface area contributed by atoms with Gasteiger partial charge in [-0.1, -0.05) is 25.9 Å².